The van der Waals surface area contributed by atoms with E-state index < -0.39 is 10.0 Å². The summed E-state index contributed by atoms with van der Waals surface area (Å²) < 4.78 is 32.7. The van der Waals surface area contributed by atoms with Crippen molar-refractivity contribution in [1.82, 2.24) is 9.62 Å². The van der Waals surface area contributed by atoms with E-state index in [0.717, 1.165) is 22.7 Å². The Morgan fingerprint density at radius 2 is 1.79 bits per heavy atom. The van der Waals surface area contributed by atoms with Crippen LogP contribution in [-0.4, -0.2) is 31.2 Å². The zero-order valence-electron chi connectivity index (χ0n) is 17.0. The van der Waals surface area contributed by atoms with E-state index in [-0.39, 0.29) is 29.9 Å². The minimum Gasteiger partial charge on any atom is -0.468 e. The maximum atomic E-state index is 13.1. The number of hydrogen-bond donors (Lipinski definition) is 1. The highest BCUT2D eigenvalue weighted by Crippen LogP contribution is 2.19. The highest BCUT2D eigenvalue weighted by molar-refractivity contribution is 7.89. The topological polar surface area (TPSA) is 79.6 Å². The van der Waals surface area contributed by atoms with E-state index in [0.29, 0.717) is 11.7 Å². The zero-order valence-corrected chi connectivity index (χ0v) is 17.8. The third-order valence-electron chi connectivity index (χ3n) is 4.48. The molecule has 28 heavy (non-hydrogen) atoms. The van der Waals surface area contributed by atoms with Crippen LogP contribution in [-0.2, 0) is 21.4 Å². The Morgan fingerprint density at radius 3 is 2.36 bits per heavy atom. The first kappa shape index (κ1) is 22.2. The minimum absolute atomic E-state index is 0.00297. The molecule has 154 valence electrons. The van der Waals surface area contributed by atoms with Gasteiger partial charge >= 0.3 is 0 Å². The second-order valence-electron chi connectivity index (χ2n) is 7.61. The molecule has 0 spiro atoms. The van der Waals surface area contributed by atoms with E-state index in [1.165, 1.54) is 6.26 Å². The lowest BCUT2D eigenvalue weighted by Crippen LogP contribution is -2.43. The number of carbonyl (C=O) groups excluding carboxylic acids is 1. The standard InChI is InChI=1S/C21H30N2O4S/c1-16(2)7-10-18(4)22-21(24)15-23(14-19-6-5-13-27-19)28(25,26)20-11-8-17(3)9-12-20/h5-6,8-9,11-13,16,18H,7,10,14-15H2,1-4H3,(H,22,24)/t18-/m1/s1. The maximum absolute atomic E-state index is 13.1. The highest BCUT2D eigenvalue weighted by Gasteiger charge is 2.28. The van der Waals surface area contributed by atoms with E-state index in [1.54, 1.807) is 36.4 Å². The summed E-state index contributed by atoms with van der Waals surface area (Å²) in [6.45, 7) is 7.83. The Hall–Kier alpha value is -2.12. The van der Waals surface area contributed by atoms with Gasteiger partial charge in [-0.3, -0.25) is 4.79 Å². The molecule has 1 atom stereocenters. The van der Waals surface area contributed by atoms with Gasteiger partial charge in [-0.05, 0) is 56.9 Å². The Bertz CT molecular complexity index is 843. The molecule has 0 aliphatic heterocycles. The SMILES string of the molecule is Cc1ccc(S(=O)(=O)N(CC(=O)N[C@H](C)CCC(C)C)Cc2ccco2)cc1. The first-order chi connectivity index (χ1) is 13.2. The number of nitrogens with zero attached hydrogens (tertiary/aromatic N) is 1. The molecular weight excluding hydrogens is 376 g/mol. The Morgan fingerprint density at radius 1 is 1.11 bits per heavy atom. The molecule has 0 bridgehead atoms. The maximum Gasteiger partial charge on any atom is 0.243 e. The van der Waals surface area contributed by atoms with Crippen molar-refractivity contribution in [2.24, 2.45) is 5.92 Å². The zero-order chi connectivity index (χ0) is 20.7. The van der Waals surface area contributed by atoms with Gasteiger partial charge in [0.15, 0.2) is 0 Å². The molecule has 1 aromatic carbocycles. The quantitative estimate of drug-likeness (QED) is 0.652. The van der Waals surface area contributed by atoms with Crippen LogP contribution in [0.5, 0.6) is 0 Å². The fourth-order valence-corrected chi connectivity index (χ4v) is 4.16. The number of hydrogen-bond acceptors (Lipinski definition) is 4. The van der Waals surface area contributed by atoms with Gasteiger partial charge in [-0.2, -0.15) is 4.31 Å². The summed E-state index contributed by atoms with van der Waals surface area (Å²) >= 11 is 0. The molecule has 0 fully saturated rings. The van der Waals surface area contributed by atoms with E-state index in [9.17, 15) is 13.2 Å². The fraction of sp³-hybridized carbons (Fsp3) is 0.476. The largest absolute Gasteiger partial charge is 0.468 e. The molecule has 0 radical (unpaired) electrons. The molecule has 0 saturated carbocycles. The van der Waals surface area contributed by atoms with E-state index in [1.807, 2.05) is 13.8 Å². The third-order valence-corrected chi connectivity index (χ3v) is 6.28. The van der Waals surface area contributed by atoms with Gasteiger partial charge in [-0.15, -0.1) is 0 Å². The number of aryl methyl sites for hydroxylation is 1. The molecule has 2 aromatic rings. The van der Waals surface area contributed by atoms with Crippen molar-refractivity contribution in [2.75, 3.05) is 6.54 Å². The monoisotopic (exact) mass is 406 g/mol. The number of sulfonamides is 1. The van der Waals surface area contributed by atoms with Crippen molar-refractivity contribution in [1.29, 1.82) is 0 Å². The van der Waals surface area contributed by atoms with Gasteiger partial charge in [-0.25, -0.2) is 8.42 Å². The van der Waals surface area contributed by atoms with Gasteiger partial charge in [0.25, 0.3) is 0 Å². The van der Waals surface area contributed by atoms with E-state index in [4.69, 9.17) is 4.42 Å². The average Bonchev–Trinajstić information content (AvgIpc) is 3.13. The van der Waals surface area contributed by atoms with Crippen LogP contribution in [0.1, 0.15) is 44.9 Å². The van der Waals surface area contributed by atoms with Crippen molar-refractivity contribution in [3.8, 4) is 0 Å². The van der Waals surface area contributed by atoms with Gasteiger partial charge in [-0.1, -0.05) is 31.5 Å². The molecule has 0 aliphatic rings. The van der Waals surface area contributed by atoms with Crippen LogP contribution in [0.3, 0.4) is 0 Å². The lowest BCUT2D eigenvalue weighted by molar-refractivity contribution is -0.122. The molecule has 0 unspecified atom stereocenters. The summed E-state index contributed by atoms with van der Waals surface area (Å²) in [4.78, 5) is 12.7. The molecule has 1 N–H and O–H groups in total. The number of benzene rings is 1. The molecule has 7 heteroatoms. The predicted octanol–water partition coefficient (Wildman–Crippen LogP) is 3.72. The van der Waals surface area contributed by atoms with Gasteiger partial charge in [0.2, 0.25) is 15.9 Å². The fourth-order valence-electron chi connectivity index (χ4n) is 2.80. The Balaban J connectivity index is 2.15. The van der Waals surface area contributed by atoms with Crippen molar-refractivity contribution in [2.45, 2.75) is 58.0 Å². The summed E-state index contributed by atoms with van der Waals surface area (Å²) in [5.41, 5.74) is 0.966. The summed E-state index contributed by atoms with van der Waals surface area (Å²) in [5.74, 6) is 0.714. The smallest absolute Gasteiger partial charge is 0.243 e. The second-order valence-corrected chi connectivity index (χ2v) is 9.54. The second kappa shape index (κ2) is 9.89. The summed E-state index contributed by atoms with van der Waals surface area (Å²) in [6.07, 6.45) is 3.34. The molecule has 1 amide bonds. The molecule has 0 aliphatic carbocycles. The summed E-state index contributed by atoms with van der Waals surface area (Å²) in [5, 5.41) is 2.90. The highest BCUT2D eigenvalue weighted by atomic mass is 32.2. The number of carbonyl (C=O) groups is 1. The van der Waals surface area contributed by atoms with Gasteiger partial charge in [0.1, 0.15) is 5.76 Å². The summed E-state index contributed by atoms with van der Waals surface area (Å²) in [6, 6.07) is 9.98. The van der Waals surface area contributed by atoms with Crippen molar-refractivity contribution < 1.29 is 17.6 Å². The van der Waals surface area contributed by atoms with Crippen LogP contribution in [0, 0.1) is 12.8 Å². The Kier molecular flexibility index (Phi) is 7.83. The lowest BCUT2D eigenvalue weighted by atomic mass is 10.0. The van der Waals surface area contributed by atoms with E-state index >= 15 is 0 Å². The molecule has 6 nitrogen and oxygen atoms in total. The van der Waals surface area contributed by atoms with Crippen LogP contribution >= 0.6 is 0 Å². The lowest BCUT2D eigenvalue weighted by Gasteiger charge is -2.22. The molecule has 1 aromatic heterocycles. The Labute approximate surface area is 168 Å². The van der Waals surface area contributed by atoms with Crippen LogP contribution in [0.25, 0.3) is 0 Å². The third kappa shape index (κ3) is 6.49. The van der Waals surface area contributed by atoms with Gasteiger partial charge in [0, 0.05) is 6.04 Å². The number of furan rings is 1. The van der Waals surface area contributed by atoms with E-state index in [2.05, 4.69) is 19.2 Å². The van der Waals surface area contributed by atoms with Gasteiger partial charge < -0.3 is 9.73 Å². The van der Waals surface area contributed by atoms with Crippen LogP contribution in [0.15, 0.2) is 52.0 Å². The number of nitrogens with one attached hydrogen (secondary N) is 1. The molecule has 1 heterocycles. The first-order valence-corrected chi connectivity index (χ1v) is 11.0. The normalized spacial score (nSPS) is 13.1. The minimum atomic E-state index is -3.84. The number of amides is 1. The first-order valence-electron chi connectivity index (χ1n) is 9.57. The molecular formula is C21H30N2O4S. The summed E-state index contributed by atoms with van der Waals surface area (Å²) in [7, 11) is -3.84. The molecule has 0 saturated heterocycles. The van der Waals surface area contributed by atoms with Crippen molar-refractivity contribution in [3.63, 3.8) is 0 Å². The van der Waals surface area contributed by atoms with Crippen LogP contribution in [0.4, 0.5) is 0 Å². The van der Waals surface area contributed by atoms with Crippen molar-refractivity contribution >= 4 is 15.9 Å². The van der Waals surface area contributed by atoms with Crippen molar-refractivity contribution in [3.05, 3.63) is 54.0 Å². The van der Waals surface area contributed by atoms with Crippen LogP contribution < -0.4 is 5.32 Å². The predicted molar refractivity (Wildman–Crippen MR) is 109 cm³/mol. The van der Waals surface area contributed by atoms with Gasteiger partial charge in [0.05, 0.1) is 24.2 Å². The molecule has 2 rings (SSSR count). The van der Waals surface area contributed by atoms with Crippen LogP contribution in [0.2, 0.25) is 0 Å². The number of rotatable bonds is 10. The average molecular weight is 407 g/mol.